The molecule has 1 fully saturated rings. The second-order valence-corrected chi connectivity index (χ2v) is 10.2. The monoisotopic (exact) mass is 469 g/mol. The van der Waals surface area contributed by atoms with E-state index in [-0.39, 0.29) is 34.6 Å². The number of rotatable bonds is 5. The molecule has 1 aromatic carbocycles. The zero-order chi connectivity index (χ0) is 23.2. The maximum absolute atomic E-state index is 13.3. The minimum atomic E-state index is -3.73. The van der Waals surface area contributed by atoms with Crippen molar-refractivity contribution in [2.75, 3.05) is 25.5 Å². The van der Waals surface area contributed by atoms with Crippen molar-refractivity contribution >= 4 is 21.6 Å². The van der Waals surface area contributed by atoms with Crippen molar-refractivity contribution in [2.24, 2.45) is 5.92 Å². The van der Waals surface area contributed by atoms with Gasteiger partial charge in [0.2, 0.25) is 10.0 Å². The van der Waals surface area contributed by atoms with Gasteiger partial charge in [-0.1, -0.05) is 0 Å². The number of benzene rings is 1. The number of furan rings is 1. The highest BCUT2D eigenvalue weighted by molar-refractivity contribution is 7.89. The normalized spacial score (nSPS) is 20.2. The van der Waals surface area contributed by atoms with Gasteiger partial charge >= 0.3 is 0 Å². The van der Waals surface area contributed by atoms with Crippen molar-refractivity contribution in [3.63, 3.8) is 0 Å². The first-order valence-corrected chi connectivity index (χ1v) is 12.0. The second-order valence-electron chi connectivity index (χ2n) is 8.31. The van der Waals surface area contributed by atoms with Crippen LogP contribution in [-0.2, 0) is 16.6 Å². The number of amides is 1. The fourth-order valence-electron chi connectivity index (χ4n) is 4.76. The third-order valence-corrected chi connectivity index (χ3v) is 8.09. The number of pyridine rings is 1. The van der Waals surface area contributed by atoms with Gasteiger partial charge in [-0.15, -0.1) is 0 Å². The molecule has 2 aliphatic rings. The van der Waals surface area contributed by atoms with Gasteiger partial charge in [-0.3, -0.25) is 9.59 Å². The molecule has 1 N–H and O–H groups in total. The Hall–Kier alpha value is -3.37. The molecule has 2 bridgehead atoms. The summed E-state index contributed by atoms with van der Waals surface area (Å²) in [6.07, 6.45) is 2.15. The zero-order valence-corrected chi connectivity index (χ0v) is 18.7. The summed E-state index contributed by atoms with van der Waals surface area (Å²) in [5, 5.41) is 2.83. The molecule has 4 heterocycles. The van der Waals surface area contributed by atoms with Crippen LogP contribution >= 0.6 is 0 Å². The van der Waals surface area contributed by atoms with Gasteiger partial charge in [-0.25, -0.2) is 8.42 Å². The predicted octanol–water partition coefficient (Wildman–Crippen LogP) is 2.51. The lowest BCUT2D eigenvalue weighted by molar-refractivity contribution is 0.0996. The molecule has 0 aliphatic carbocycles. The van der Waals surface area contributed by atoms with E-state index in [1.165, 1.54) is 35.9 Å². The first-order chi connectivity index (χ1) is 15.9. The van der Waals surface area contributed by atoms with E-state index in [2.05, 4.69) is 5.32 Å². The van der Waals surface area contributed by atoms with E-state index in [9.17, 15) is 18.0 Å². The molecule has 2 atom stereocenters. The Kier molecular flexibility index (Phi) is 5.34. The summed E-state index contributed by atoms with van der Waals surface area (Å²) in [6, 6.07) is 12.5. The van der Waals surface area contributed by atoms with E-state index in [0.29, 0.717) is 30.2 Å². The van der Waals surface area contributed by atoms with Crippen LogP contribution in [0.4, 0.5) is 5.69 Å². The molecule has 5 rings (SSSR count). The van der Waals surface area contributed by atoms with Crippen molar-refractivity contribution in [3.8, 4) is 5.75 Å². The molecule has 10 heteroatoms. The van der Waals surface area contributed by atoms with Crippen LogP contribution in [0.15, 0.2) is 68.9 Å². The van der Waals surface area contributed by atoms with E-state index >= 15 is 0 Å². The third kappa shape index (κ3) is 3.85. The minimum Gasteiger partial charge on any atom is -0.497 e. The molecular weight excluding hydrogens is 446 g/mol. The smallest absolute Gasteiger partial charge is 0.291 e. The quantitative estimate of drug-likeness (QED) is 0.615. The number of nitrogens with one attached hydrogen (secondary N) is 1. The van der Waals surface area contributed by atoms with Crippen molar-refractivity contribution in [1.82, 2.24) is 8.87 Å². The summed E-state index contributed by atoms with van der Waals surface area (Å²) < 4.78 is 40.1. The van der Waals surface area contributed by atoms with Gasteiger partial charge in [-0.2, -0.15) is 4.31 Å². The molecule has 0 spiro atoms. The Bertz CT molecular complexity index is 1350. The SMILES string of the molecule is COc1ccc(S(=O)(=O)N2CC3CC(C2)c2c(NC(=O)c4ccco4)ccc(=O)n2C3)cc1. The molecule has 2 aromatic heterocycles. The number of anilines is 1. The van der Waals surface area contributed by atoms with E-state index < -0.39 is 15.9 Å². The van der Waals surface area contributed by atoms with Gasteiger partial charge < -0.3 is 19.0 Å². The summed E-state index contributed by atoms with van der Waals surface area (Å²) in [5.41, 5.74) is 0.971. The van der Waals surface area contributed by atoms with Crippen molar-refractivity contribution in [1.29, 1.82) is 0 Å². The Morgan fingerprint density at radius 2 is 1.88 bits per heavy atom. The van der Waals surface area contributed by atoms with Gasteiger partial charge in [0.1, 0.15) is 5.75 Å². The Labute approximate surface area is 190 Å². The van der Waals surface area contributed by atoms with Crippen molar-refractivity contribution < 1.29 is 22.4 Å². The molecule has 9 nitrogen and oxygen atoms in total. The largest absolute Gasteiger partial charge is 0.497 e. The summed E-state index contributed by atoms with van der Waals surface area (Å²) in [5.74, 6) is 0.0714. The number of carbonyl (C=O) groups is 1. The molecule has 2 aliphatic heterocycles. The lowest BCUT2D eigenvalue weighted by Gasteiger charge is -2.42. The van der Waals surface area contributed by atoms with Crippen molar-refractivity contribution in [3.05, 3.63) is 76.6 Å². The number of hydrogen-bond donors (Lipinski definition) is 1. The number of fused-ring (bicyclic) bond motifs is 4. The van der Waals surface area contributed by atoms with Gasteiger partial charge in [0, 0.05) is 37.3 Å². The number of methoxy groups -OCH3 is 1. The molecule has 172 valence electrons. The van der Waals surface area contributed by atoms with E-state index in [1.54, 1.807) is 34.9 Å². The molecule has 2 unspecified atom stereocenters. The summed E-state index contributed by atoms with van der Waals surface area (Å²) in [6.45, 7) is 0.946. The molecule has 0 radical (unpaired) electrons. The number of ether oxygens (including phenoxy) is 1. The summed E-state index contributed by atoms with van der Waals surface area (Å²) in [7, 11) is -2.20. The van der Waals surface area contributed by atoms with Gasteiger partial charge in [0.05, 0.1) is 24.0 Å². The number of nitrogens with zero attached hydrogens (tertiary/aromatic N) is 2. The van der Waals surface area contributed by atoms with Gasteiger partial charge in [0.25, 0.3) is 11.5 Å². The second kappa shape index (κ2) is 8.20. The first kappa shape index (κ1) is 21.5. The van der Waals surface area contributed by atoms with Crippen LogP contribution in [0, 0.1) is 5.92 Å². The van der Waals surface area contributed by atoms with E-state index in [0.717, 1.165) is 6.42 Å². The fraction of sp³-hybridized carbons (Fsp3) is 0.304. The number of piperidine rings is 1. The number of aromatic nitrogens is 1. The van der Waals surface area contributed by atoms with Gasteiger partial charge in [0.15, 0.2) is 5.76 Å². The standard InChI is InChI=1S/C23H23N3O6S/c1-31-17-4-6-18(7-5-17)33(29,30)25-12-15-11-16(14-25)22-19(8-9-21(27)26(22)13-15)24-23(28)20-3-2-10-32-20/h2-10,15-16H,11-14H2,1H3,(H,24,28). The average Bonchev–Trinajstić information content (AvgIpc) is 3.36. The molecule has 1 saturated heterocycles. The molecule has 1 amide bonds. The van der Waals surface area contributed by atoms with E-state index in [4.69, 9.17) is 9.15 Å². The van der Waals surface area contributed by atoms with Crippen molar-refractivity contribution in [2.45, 2.75) is 23.8 Å². The summed E-state index contributed by atoms with van der Waals surface area (Å²) >= 11 is 0. The number of hydrogen-bond acceptors (Lipinski definition) is 6. The number of carbonyl (C=O) groups excluding carboxylic acids is 1. The maximum Gasteiger partial charge on any atom is 0.291 e. The van der Waals surface area contributed by atoms with E-state index in [1.807, 2.05) is 0 Å². The van der Waals surface area contributed by atoms with Crippen LogP contribution in [0.5, 0.6) is 5.75 Å². The third-order valence-electron chi connectivity index (χ3n) is 6.25. The van der Waals surface area contributed by atoms with Crippen LogP contribution in [-0.4, -0.2) is 43.4 Å². The lowest BCUT2D eigenvalue weighted by Crippen LogP contribution is -2.49. The predicted molar refractivity (Wildman–Crippen MR) is 120 cm³/mol. The molecular formula is C23H23N3O6S. The molecule has 33 heavy (non-hydrogen) atoms. The van der Waals surface area contributed by atoms with Gasteiger partial charge in [-0.05, 0) is 54.8 Å². The highest BCUT2D eigenvalue weighted by atomic mass is 32.2. The topological polar surface area (TPSA) is 111 Å². The summed E-state index contributed by atoms with van der Waals surface area (Å²) in [4.78, 5) is 25.4. The van der Waals surface area contributed by atoms with Crippen LogP contribution in [0.1, 0.15) is 28.6 Å². The Morgan fingerprint density at radius 3 is 2.58 bits per heavy atom. The Morgan fingerprint density at radius 1 is 1.09 bits per heavy atom. The maximum atomic E-state index is 13.3. The molecule has 0 saturated carbocycles. The van der Waals surface area contributed by atoms with Crippen LogP contribution < -0.4 is 15.6 Å². The fourth-order valence-corrected chi connectivity index (χ4v) is 6.32. The minimum absolute atomic E-state index is 0.00185. The zero-order valence-electron chi connectivity index (χ0n) is 17.9. The van der Waals surface area contributed by atoms with Crippen LogP contribution in [0.3, 0.4) is 0 Å². The lowest BCUT2D eigenvalue weighted by atomic mass is 9.83. The average molecular weight is 470 g/mol. The van der Waals surface area contributed by atoms with Crippen LogP contribution in [0.2, 0.25) is 0 Å². The highest BCUT2D eigenvalue weighted by Gasteiger charge is 2.40. The first-order valence-electron chi connectivity index (χ1n) is 10.6. The number of sulfonamides is 1. The molecule has 3 aromatic rings. The van der Waals surface area contributed by atoms with Crippen LogP contribution in [0.25, 0.3) is 0 Å². The Balaban J connectivity index is 1.47. The highest BCUT2D eigenvalue weighted by Crippen LogP contribution is 2.40.